The Morgan fingerprint density at radius 2 is 2.33 bits per heavy atom. The van der Waals surface area contributed by atoms with Gasteiger partial charge in [0.1, 0.15) is 0 Å². The van der Waals surface area contributed by atoms with E-state index in [2.05, 4.69) is 15.6 Å². The minimum Gasteiger partial charge on any atom is -0.362 e. The van der Waals surface area contributed by atoms with E-state index in [1.807, 2.05) is 0 Å². The molecule has 0 radical (unpaired) electrons. The first-order valence-corrected chi connectivity index (χ1v) is 6.32. The van der Waals surface area contributed by atoms with E-state index in [-0.39, 0.29) is 16.8 Å². The summed E-state index contributed by atoms with van der Waals surface area (Å²) in [6.07, 6.45) is 4.39. The number of nitrogens with one attached hydrogen (secondary N) is 2. The number of nitrogens with zero attached hydrogens (tertiary/aromatic N) is 2. The molecule has 6 nitrogen and oxygen atoms in total. The van der Waals surface area contributed by atoms with E-state index >= 15 is 0 Å². The zero-order valence-corrected chi connectivity index (χ0v) is 10.6. The lowest BCUT2D eigenvalue weighted by Crippen LogP contribution is -2.22. The summed E-state index contributed by atoms with van der Waals surface area (Å²) in [5, 5.41) is 17.7. The lowest BCUT2D eigenvalue weighted by molar-refractivity contribution is -0.384. The number of nitro groups is 1. The summed E-state index contributed by atoms with van der Waals surface area (Å²) in [5.74, 6) is 0.302. The van der Waals surface area contributed by atoms with Crippen molar-refractivity contribution in [3.63, 3.8) is 0 Å². The molecule has 7 heteroatoms. The second kappa shape index (κ2) is 5.97. The Hall–Kier alpha value is -1.40. The van der Waals surface area contributed by atoms with Gasteiger partial charge in [0.2, 0.25) is 5.82 Å². The van der Waals surface area contributed by atoms with Gasteiger partial charge in [0, 0.05) is 18.3 Å². The number of rotatable bonds is 3. The summed E-state index contributed by atoms with van der Waals surface area (Å²) in [4.78, 5) is 14.5. The number of hydrogen-bond acceptors (Lipinski definition) is 5. The molecule has 0 aliphatic carbocycles. The van der Waals surface area contributed by atoms with Gasteiger partial charge in [-0.3, -0.25) is 10.1 Å². The lowest BCUT2D eigenvalue weighted by atomic mass is 10.1. The van der Waals surface area contributed by atoms with E-state index in [0.29, 0.717) is 5.82 Å². The van der Waals surface area contributed by atoms with Crippen molar-refractivity contribution < 1.29 is 4.92 Å². The van der Waals surface area contributed by atoms with Crippen LogP contribution in [0, 0.1) is 10.1 Å². The Bertz CT molecular complexity index is 433. The Morgan fingerprint density at radius 3 is 3.11 bits per heavy atom. The quantitative estimate of drug-likeness (QED) is 0.650. The topological polar surface area (TPSA) is 80.1 Å². The van der Waals surface area contributed by atoms with E-state index in [4.69, 9.17) is 11.6 Å². The summed E-state index contributed by atoms with van der Waals surface area (Å²) in [7, 11) is 0. The first kappa shape index (κ1) is 13.0. The van der Waals surface area contributed by atoms with Crippen molar-refractivity contribution in [2.75, 3.05) is 18.4 Å². The molecule has 98 valence electrons. The molecule has 2 rings (SSSR count). The number of hydrogen-bond donors (Lipinski definition) is 2. The summed E-state index contributed by atoms with van der Waals surface area (Å²) in [5.41, 5.74) is -0.0697. The third-order valence-electron chi connectivity index (χ3n) is 2.95. The molecule has 1 atom stereocenters. The zero-order chi connectivity index (χ0) is 13.0. The number of pyridine rings is 1. The van der Waals surface area contributed by atoms with Crippen molar-refractivity contribution in [2.24, 2.45) is 0 Å². The van der Waals surface area contributed by atoms with Crippen LogP contribution in [0.25, 0.3) is 0 Å². The monoisotopic (exact) mass is 270 g/mol. The molecule has 2 heterocycles. The molecule has 0 aromatic carbocycles. The summed E-state index contributed by atoms with van der Waals surface area (Å²) in [6.45, 7) is 1.91. The van der Waals surface area contributed by atoms with Gasteiger partial charge < -0.3 is 10.6 Å². The van der Waals surface area contributed by atoms with E-state index in [1.54, 1.807) is 0 Å². The summed E-state index contributed by atoms with van der Waals surface area (Å²) < 4.78 is 0. The maximum absolute atomic E-state index is 10.9. The molecule has 1 aliphatic heterocycles. The van der Waals surface area contributed by atoms with E-state index < -0.39 is 4.92 Å². The fourth-order valence-electron chi connectivity index (χ4n) is 2.04. The minimum absolute atomic E-state index is 0.0697. The van der Waals surface area contributed by atoms with Gasteiger partial charge in [0.05, 0.1) is 9.95 Å². The Balaban J connectivity index is 2.14. The number of aromatic nitrogens is 1. The lowest BCUT2D eigenvalue weighted by Gasteiger charge is -2.16. The first-order chi connectivity index (χ1) is 8.66. The average Bonchev–Trinajstić information content (AvgIpc) is 2.60. The third-order valence-corrected chi connectivity index (χ3v) is 3.15. The first-order valence-electron chi connectivity index (χ1n) is 5.94. The van der Waals surface area contributed by atoms with Gasteiger partial charge in [-0.15, -0.1) is 0 Å². The summed E-state index contributed by atoms with van der Waals surface area (Å²) >= 11 is 5.73. The van der Waals surface area contributed by atoms with E-state index in [9.17, 15) is 10.1 Å². The largest absolute Gasteiger partial charge is 0.362 e. The van der Waals surface area contributed by atoms with Crippen LogP contribution in [0.1, 0.15) is 19.3 Å². The van der Waals surface area contributed by atoms with Crippen molar-refractivity contribution in [1.29, 1.82) is 0 Å². The van der Waals surface area contributed by atoms with Crippen LogP contribution in [0.5, 0.6) is 0 Å². The molecule has 1 saturated heterocycles. The number of anilines is 1. The SMILES string of the molecule is O=[N+]([O-])c1cc(Cl)cnc1NC1CCCNCC1. The van der Waals surface area contributed by atoms with Crippen LogP contribution >= 0.6 is 11.6 Å². The molecular formula is C11H15ClN4O2. The van der Waals surface area contributed by atoms with Gasteiger partial charge in [0.25, 0.3) is 0 Å². The molecule has 2 N–H and O–H groups in total. The van der Waals surface area contributed by atoms with Crippen molar-refractivity contribution in [3.05, 3.63) is 27.4 Å². The smallest absolute Gasteiger partial charge is 0.312 e. The molecule has 0 bridgehead atoms. The fourth-order valence-corrected chi connectivity index (χ4v) is 2.19. The van der Waals surface area contributed by atoms with Crippen LogP contribution in [0.4, 0.5) is 11.5 Å². The molecule has 1 aliphatic rings. The Kier molecular flexibility index (Phi) is 4.33. The minimum atomic E-state index is -0.462. The normalized spacial score (nSPS) is 20.2. The van der Waals surface area contributed by atoms with Crippen LogP contribution in [-0.2, 0) is 0 Å². The predicted molar refractivity (Wildman–Crippen MR) is 70.0 cm³/mol. The summed E-state index contributed by atoms with van der Waals surface area (Å²) in [6, 6.07) is 1.54. The highest BCUT2D eigenvalue weighted by atomic mass is 35.5. The van der Waals surface area contributed by atoms with Crippen molar-refractivity contribution in [1.82, 2.24) is 10.3 Å². The van der Waals surface area contributed by atoms with Gasteiger partial charge in [0.15, 0.2) is 0 Å². The van der Waals surface area contributed by atoms with Crippen LogP contribution in [0.2, 0.25) is 5.02 Å². The standard InChI is InChI=1S/C11H15ClN4O2/c12-8-6-10(16(17)18)11(14-7-8)15-9-2-1-4-13-5-3-9/h6-7,9,13H,1-5H2,(H,14,15). The molecule has 0 saturated carbocycles. The van der Waals surface area contributed by atoms with E-state index in [1.165, 1.54) is 12.3 Å². The van der Waals surface area contributed by atoms with Crippen LogP contribution < -0.4 is 10.6 Å². The van der Waals surface area contributed by atoms with Gasteiger partial charge in [-0.1, -0.05) is 11.6 Å². The molecule has 1 fully saturated rings. The van der Waals surface area contributed by atoms with Crippen LogP contribution in [0.3, 0.4) is 0 Å². The Morgan fingerprint density at radius 1 is 1.50 bits per heavy atom. The highest BCUT2D eigenvalue weighted by molar-refractivity contribution is 6.30. The van der Waals surface area contributed by atoms with Gasteiger partial charge in [-0.25, -0.2) is 4.98 Å². The van der Waals surface area contributed by atoms with Crippen molar-refractivity contribution in [3.8, 4) is 0 Å². The fraction of sp³-hybridized carbons (Fsp3) is 0.545. The molecule has 1 aromatic rings. The van der Waals surface area contributed by atoms with Gasteiger partial charge >= 0.3 is 5.69 Å². The van der Waals surface area contributed by atoms with Gasteiger partial charge in [-0.05, 0) is 32.4 Å². The Labute approximate surface area is 110 Å². The second-order valence-electron chi connectivity index (χ2n) is 4.30. The predicted octanol–water partition coefficient (Wildman–Crippen LogP) is 2.20. The average molecular weight is 271 g/mol. The molecule has 1 aromatic heterocycles. The van der Waals surface area contributed by atoms with Crippen molar-refractivity contribution >= 4 is 23.1 Å². The van der Waals surface area contributed by atoms with Crippen molar-refractivity contribution in [2.45, 2.75) is 25.3 Å². The highest BCUT2D eigenvalue weighted by Gasteiger charge is 2.20. The van der Waals surface area contributed by atoms with Crippen LogP contribution in [-0.4, -0.2) is 29.0 Å². The second-order valence-corrected chi connectivity index (χ2v) is 4.74. The van der Waals surface area contributed by atoms with Crippen LogP contribution in [0.15, 0.2) is 12.3 Å². The highest BCUT2D eigenvalue weighted by Crippen LogP contribution is 2.26. The third kappa shape index (κ3) is 3.30. The molecule has 0 amide bonds. The maximum Gasteiger partial charge on any atom is 0.312 e. The molecule has 18 heavy (non-hydrogen) atoms. The molecule has 0 spiro atoms. The maximum atomic E-state index is 10.9. The molecular weight excluding hydrogens is 256 g/mol. The van der Waals surface area contributed by atoms with E-state index in [0.717, 1.165) is 32.4 Å². The van der Waals surface area contributed by atoms with Gasteiger partial charge in [-0.2, -0.15) is 0 Å². The molecule has 1 unspecified atom stereocenters. The number of halogens is 1. The zero-order valence-electron chi connectivity index (χ0n) is 9.86.